The van der Waals surface area contributed by atoms with Crippen molar-refractivity contribution in [1.29, 1.82) is 0 Å². The van der Waals surface area contributed by atoms with Crippen molar-refractivity contribution in [2.45, 2.75) is 11.0 Å². The Balaban J connectivity index is 1.92. The van der Waals surface area contributed by atoms with E-state index in [0.29, 0.717) is 10.4 Å². The third-order valence-corrected chi connectivity index (χ3v) is 3.44. The van der Waals surface area contributed by atoms with Crippen LogP contribution in [-0.2, 0) is 5.75 Å². The molecule has 0 spiro atoms. The van der Waals surface area contributed by atoms with Crippen molar-refractivity contribution in [3.63, 3.8) is 0 Å². The zero-order valence-corrected chi connectivity index (χ0v) is 8.77. The number of hydrogen-bond donors (Lipinski definition) is 2. The van der Waals surface area contributed by atoms with Crippen LogP contribution in [0.1, 0.15) is 4.88 Å². The molecule has 0 radical (unpaired) electrons. The van der Waals surface area contributed by atoms with Gasteiger partial charge in [-0.15, -0.1) is 0 Å². The van der Waals surface area contributed by atoms with E-state index < -0.39 is 0 Å². The Kier molecular flexibility index (Phi) is 3.02. The Morgan fingerprint density at radius 2 is 2.50 bits per heavy atom. The van der Waals surface area contributed by atoms with Crippen LogP contribution in [0.3, 0.4) is 0 Å². The number of thiazole rings is 1. The highest BCUT2D eigenvalue weighted by Gasteiger charge is 2.03. The first-order valence-corrected chi connectivity index (χ1v) is 5.62. The molecule has 7 heteroatoms. The van der Waals surface area contributed by atoms with Gasteiger partial charge in [-0.25, -0.2) is 15.8 Å². The van der Waals surface area contributed by atoms with Gasteiger partial charge in [0, 0.05) is 16.8 Å². The average molecular weight is 228 g/mol. The number of nitrogens with zero attached hydrogens (tertiary/aromatic N) is 2. The second-order valence-corrected chi connectivity index (χ2v) is 4.40. The predicted octanol–water partition coefficient (Wildman–Crippen LogP) is 1.71. The standard InChI is InChI=1S/C7H8N4OS2/c8-11-6-10-3-5(14-6)4-13-7-9-1-2-12-7/h1-3H,4,8H2,(H,10,11). The molecule has 0 atom stereocenters. The second kappa shape index (κ2) is 4.45. The van der Waals surface area contributed by atoms with Crippen LogP contribution in [0.15, 0.2) is 28.3 Å². The summed E-state index contributed by atoms with van der Waals surface area (Å²) in [5.41, 5.74) is 2.50. The summed E-state index contributed by atoms with van der Waals surface area (Å²) >= 11 is 3.05. The molecule has 0 fully saturated rings. The summed E-state index contributed by atoms with van der Waals surface area (Å²) < 4.78 is 5.08. The Bertz CT molecular complexity index is 386. The van der Waals surface area contributed by atoms with E-state index in [1.54, 1.807) is 18.7 Å². The first-order valence-electron chi connectivity index (χ1n) is 3.82. The Morgan fingerprint density at radius 3 is 3.14 bits per heavy atom. The molecule has 74 valence electrons. The van der Waals surface area contributed by atoms with Crippen molar-refractivity contribution < 1.29 is 4.42 Å². The van der Waals surface area contributed by atoms with Crippen LogP contribution < -0.4 is 11.3 Å². The first kappa shape index (κ1) is 9.50. The van der Waals surface area contributed by atoms with Gasteiger partial charge in [0.15, 0.2) is 5.13 Å². The summed E-state index contributed by atoms with van der Waals surface area (Å²) in [6, 6.07) is 0. The number of oxazole rings is 1. The molecule has 0 bridgehead atoms. The molecule has 14 heavy (non-hydrogen) atoms. The molecule has 3 N–H and O–H groups in total. The molecule has 0 aliphatic heterocycles. The highest BCUT2D eigenvalue weighted by molar-refractivity contribution is 7.98. The highest BCUT2D eigenvalue weighted by Crippen LogP contribution is 2.25. The molecule has 0 unspecified atom stereocenters. The van der Waals surface area contributed by atoms with Gasteiger partial charge in [-0.2, -0.15) is 0 Å². The second-order valence-electron chi connectivity index (χ2n) is 2.36. The topological polar surface area (TPSA) is 77.0 Å². The van der Waals surface area contributed by atoms with Crippen LogP contribution >= 0.6 is 23.1 Å². The molecule has 0 aliphatic rings. The summed E-state index contributed by atoms with van der Waals surface area (Å²) in [6.45, 7) is 0. The van der Waals surface area contributed by atoms with Crippen LogP contribution in [0, 0.1) is 0 Å². The van der Waals surface area contributed by atoms with Gasteiger partial charge >= 0.3 is 0 Å². The number of hydrazine groups is 1. The predicted molar refractivity (Wildman–Crippen MR) is 56.0 cm³/mol. The van der Waals surface area contributed by atoms with Crippen LogP contribution in [0.5, 0.6) is 0 Å². The molecule has 0 aromatic carbocycles. The lowest BCUT2D eigenvalue weighted by Gasteiger charge is -1.91. The first-order chi connectivity index (χ1) is 6.88. The molecule has 2 heterocycles. The molecule has 0 saturated carbocycles. The van der Waals surface area contributed by atoms with E-state index in [9.17, 15) is 0 Å². The van der Waals surface area contributed by atoms with Gasteiger partial charge in [0.1, 0.15) is 6.26 Å². The summed E-state index contributed by atoms with van der Waals surface area (Å²) in [7, 11) is 0. The fourth-order valence-electron chi connectivity index (χ4n) is 0.855. The van der Waals surface area contributed by atoms with Crippen molar-refractivity contribution >= 4 is 28.2 Å². The number of aromatic nitrogens is 2. The fourth-order valence-corrected chi connectivity index (χ4v) is 2.39. The van der Waals surface area contributed by atoms with Crippen molar-refractivity contribution in [1.82, 2.24) is 9.97 Å². The zero-order valence-electron chi connectivity index (χ0n) is 7.14. The lowest BCUT2D eigenvalue weighted by atomic mass is 10.6. The number of nitrogens with one attached hydrogen (secondary N) is 1. The minimum Gasteiger partial charge on any atom is -0.440 e. The van der Waals surface area contributed by atoms with Crippen LogP contribution in [0.2, 0.25) is 0 Å². The molecule has 0 amide bonds. The van der Waals surface area contributed by atoms with E-state index in [0.717, 1.165) is 10.6 Å². The van der Waals surface area contributed by atoms with Gasteiger partial charge in [-0.05, 0) is 0 Å². The summed E-state index contributed by atoms with van der Waals surface area (Å²) in [5, 5.41) is 1.38. The summed E-state index contributed by atoms with van der Waals surface area (Å²) in [6.07, 6.45) is 4.97. The minimum absolute atomic E-state index is 0.667. The molecule has 2 aromatic heterocycles. The van der Waals surface area contributed by atoms with Crippen molar-refractivity contribution in [2.24, 2.45) is 5.84 Å². The Labute approximate surface area is 88.7 Å². The maximum Gasteiger partial charge on any atom is 0.255 e. The summed E-state index contributed by atoms with van der Waals surface area (Å²) in [5.74, 6) is 6.01. The Hall–Kier alpha value is -1.05. The molecule has 0 saturated heterocycles. The molecule has 5 nitrogen and oxygen atoms in total. The molecule has 2 aromatic rings. The van der Waals surface area contributed by atoms with Gasteiger partial charge < -0.3 is 4.42 Å². The van der Waals surface area contributed by atoms with E-state index in [1.165, 1.54) is 23.1 Å². The number of hydrogen-bond acceptors (Lipinski definition) is 7. The normalized spacial score (nSPS) is 10.4. The molecular weight excluding hydrogens is 220 g/mol. The zero-order chi connectivity index (χ0) is 9.80. The SMILES string of the molecule is NNc1ncc(CSc2ncco2)s1. The minimum atomic E-state index is 0.667. The van der Waals surface area contributed by atoms with E-state index in [4.69, 9.17) is 10.3 Å². The number of nitrogen functional groups attached to an aromatic ring is 1. The third kappa shape index (κ3) is 2.25. The molecular formula is C7H8N4OS2. The quantitative estimate of drug-likeness (QED) is 0.471. The lowest BCUT2D eigenvalue weighted by molar-refractivity contribution is 0.454. The molecule has 0 aliphatic carbocycles. The number of thioether (sulfide) groups is 1. The molecule has 2 rings (SSSR count). The number of nitrogens with two attached hydrogens (primary N) is 1. The van der Waals surface area contributed by atoms with Crippen molar-refractivity contribution in [3.05, 3.63) is 23.5 Å². The van der Waals surface area contributed by atoms with Gasteiger partial charge in [0.05, 0.1) is 6.20 Å². The van der Waals surface area contributed by atoms with Crippen LogP contribution in [0.25, 0.3) is 0 Å². The maximum atomic E-state index is 5.21. The monoisotopic (exact) mass is 228 g/mol. The van der Waals surface area contributed by atoms with Gasteiger partial charge in [0.2, 0.25) is 0 Å². The van der Waals surface area contributed by atoms with Gasteiger partial charge in [-0.1, -0.05) is 23.1 Å². The Morgan fingerprint density at radius 1 is 1.57 bits per heavy atom. The third-order valence-electron chi connectivity index (χ3n) is 1.42. The fraction of sp³-hybridized carbons (Fsp3) is 0.143. The van der Waals surface area contributed by atoms with Crippen LogP contribution in [-0.4, -0.2) is 9.97 Å². The maximum absolute atomic E-state index is 5.21. The van der Waals surface area contributed by atoms with Crippen LogP contribution in [0.4, 0.5) is 5.13 Å². The number of rotatable bonds is 4. The average Bonchev–Trinajstić information content (AvgIpc) is 2.86. The summed E-state index contributed by atoms with van der Waals surface area (Å²) in [4.78, 5) is 9.18. The van der Waals surface area contributed by atoms with E-state index >= 15 is 0 Å². The van der Waals surface area contributed by atoms with Gasteiger partial charge in [0.25, 0.3) is 5.22 Å². The van der Waals surface area contributed by atoms with E-state index in [2.05, 4.69) is 15.4 Å². The highest BCUT2D eigenvalue weighted by atomic mass is 32.2. The van der Waals surface area contributed by atoms with Crippen molar-refractivity contribution in [2.75, 3.05) is 5.43 Å². The number of anilines is 1. The van der Waals surface area contributed by atoms with E-state index in [-0.39, 0.29) is 0 Å². The smallest absolute Gasteiger partial charge is 0.255 e. The largest absolute Gasteiger partial charge is 0.440 e. The van der Waals surface area contributed by atoms with E-state index in [1.807, 2.05) is 0 Å². The van der Waals surface area contributed by atoms with Gasteiger partial charge in [-0.3, -0.25) is 5.43 Å². The lowest BCUT2D eigenvalue weighted by Crippen LogP contribution is -2.05. The van der Waals surface area contributed by atoms with Crippen molar-refractivity contribution in [3.8, 4) is 0 Å².